The summed E-state index contributed by atoms with van der Waals surface area (Å²) in [5.41, 5.74) is 1.63. The van der Waals surface area contributed by atoms with Crippen molar-refractivity contribution >= 4 is 22.6 Å². The van der Waals surface area contributed by atoms with Crippen LogP contribution < -0.4 is 5.32 Å². The van der Waals surface area contributed by atoms with Gasteiger partial charge in [0.15, 0.2) is 5.17 Å². The number of nitrogens with zero attached hydrogens (tertiary/aromatic N) is 3. The molecule has 1 aliphatic carbocycles. The third kappa shape index (κ3) is 2.50. The first-order chi connectivity index (χ1) is 9.80. The lowest BCUT2D eigenvalue weighted by molar-refractivity contribution is 0.535. The van der Waals surface area contributed by atoms with Gasteiger partial charge in [-0.2, -0.15) is 10.5 Å². The maximum atomic E-state index is 9.04. The molecule has 20 heavy (non-hydrogen) atoms. The summed E-state index contributed by atoms with van der Waals surface area (Å²) in [4.78, 5) is 4.76. The second kappa shape index (κ2) is 5.56. The first-order valence-corrected chi connectivity index (χ1v) is 7.70. The summed E-state index contributed by atoms with van der Waals surface area (Å²) < 4.78 is 0. The van der Waals surface area contributed by atoms with E-state index in [4.69, 9.17) is 15.5 Å². The molecule has 1 fully saturated rings. The van der Waals surface area contributed by atoms with Crippen molar-refractivity contribution < 1.29 is 0 Å². The van der Waals surface area contributed by atoms with Gasteiger partial charge in [0.05, 0.1) is 17.2 Å². The molecule has 1 aliphatic heterocycles. The summed E-state index contributed by atoms with van der Waals surface area (Å²) in [5, 5.41) is 22.2. The second-order valence-electron chi connectivity index (χ2n) is 5.11. The molecule has 1 saturated carbocycles. The Labute approximate surface area is 122 Å². The molecular formula is C15H14N4S. The predicted molar refractivity (Wildman–Crippen MR) is 80.5 cm³/mol. The lowest BCUT2D eigenvalue weighted by atomic mass is 10.1. The molecule has 2 unspecified atom stereocenters. The Morgan fingerprint density at radius 2 is 2.05 bits per heavy atom. The van der Waals surface area contributed by atoms with E-state index in [2.05, 4.69) is 11.4 Å². The highest BCUT2D eigenvalue weighted by Gasteiger charge is 2.30. The summed E-state index contributed by atoms with van der Waals surface area (Å²) in [6.07, 6.45) is 3.76. The van der Waals surface area contributed by atoms with Crippen LogP contribution in [0.2, 0.25) is 0 Å². The fourth-order valence-corrected chi connectivity index (χ4v) is 3.92. The largest absolute Gasteiger partial charge is 0.335 e. The van der Waals surface area contributed by atoms with Gasteiger partial charge in [0.25, 0.3) is 0 Å². The van der Waals surface area contributed by atoms with Gasteiger partial charge in [-0.25, -0.2) is 0 Å². The Morgan fingerprint density at radius 1 is 1.20 bits per heavy atom. The highest BCUT2D eigenvalue weighted by atomic mass is 32.2. The number of rotatable bonds is 1. The van der Waals surface area contributed by atoms with Gasteiger partial charge in [-0.05, 0) is 37.0 Å². The number of nitriles is 2. The topological polar surface area (TPSA) is 72.0 Å². The molecule has 1 aromatic carbocycles. The summed E-state index contributed by atoms with van der Waals surface area (Å²) in [6, 6.07) is 9.75. The molecule has 4 nitrogen and oxygen atoms in total. The van der Waals surface area contributed by atoms with Crippen LogP contribution in [0, 0.1) is 28.6 Å². The predicted octanol–water partition coefficient (Wildman–Crippen LogP) is 3.11. The van der Waals surface area contributed by atoms with Crippen LogP contribution in [0.5, 0.6) is 0 Å². The maximum Gasteiger partial charge on any atom is 0.161 e. The first-order valence-electron chi connectivity index (χ1n) is 6.72. The minimum absolute atomic E-state index is 0.401. The van der Waals surface area contributed by atoms with Gasteiger partial charge < -0.3 is 5.32 Å². The maximum absolute atomic E-state index is 9.04. The van der Waals surface area contributed by atoms with E-state index in [1.807, 2.05) is 12.1 Å². The number of hydrogen-bond donors (Lipinski definition) is 1. The number of anilines is 1. The number of fused-ring (bicyclic) bond motifs is 1. The highest BCUT2D eigenvalue weighted by molar-refractivity contribution is 8.14. The quantitative estimate of drug-likeness (QED) is 0.859. The molecule has 2 aliphatic rings. The van der Waals surface area contributed by atoms with Crippen LogP contribution in [0.1, 0.15) is 30.4 Å². The molecule has 100 valence electrons. The number of thioether (sulfide) groups is 1. The van der Waals surface area contributed by atoms with Crippen LogP contribution in [0.4, 0.5) is 5.69 Å². The molecule has 0 amide bonds. The van der Waals surface area contributed by atoms with Gasteiger partial charge in [-0.1, -0.05) is 18.2 Å². The van der Waals surface area contributed by atoms with E-state index in [0.29, 0.717) is 17.2 Å². The van der Waals surface area contributed by atoms with E-state index in [9.17, 15) is 0 Å². The average molecular weight is 282 g/mol. The minimum atomic E-state index is 0.401. The number of aliphatic imine (C=N–C) groups is 1. The third-order valence-electron chi connectivity index (χ3n) is 3.85. The van der Waals surface area contributed by atoms with E-state index >= 15 is 0 Å². The van der Waals surface area contributed by atoms with Gasteiger partial charge in [-0.3, -0.25) is 4.99 Å². The third-order valence-corrected chi connectivity index (χ3v) is 4.92. The molecule has 1 aromatic rings. The fourth-order valence-electron chi connectivity index (χ4n) is 2.76. The molecule has 3 rings (SSSR count). The Kier molecular flexibility index (Phi) is 3.62. The molecule has 0 spiro atoms. The summed E-state index contributed by atoms with van der Waals surface area (Å²) >= 11 is 1.75. The SMILES string of the molecule is N#Cc1ccc(NC2=NC3CCCC3CS2)cc1C#N. The zero-order chi connectivity index (χ0) is 13.9. The monoisotopic (exact) mass is 282 g/mol. The summed E-state index contributed by atoms with van der Waals surface area (Å²) in [7, 11) is 0. The Morgan fingerprint density at radius 3 is 2.85 bits per heavy atom. The lowest BCUT2D eigenvalue weighted by Gasteiger charge is -2.23. The standard InChI is InChI=1S/C15H14N4S/c16-7-10-4-5-13(6-12(10)8-17)18-15-19-14-3-1-2-11(14)9-20-15/h4-6,11,14H,1-3,9H2,(H,18,19). The van der Waals surface area contributed by atoms with Crippen LogP contribution >= 0.6 is 11.8 Å². The Balaban J connectivity index is 1.79. The van der Waals surface area contributed by atoms with Gasteiger partial charge >= 0.3 is 0 Å². The van der Waals surface area contributed by atoms with Crippen molar-refractivity contribution in [1.82, 2.24) is 0 Å². The van der Waals surface area contributed by atoms with Crippen LogP contribution in [0.15, 0.2) is 23.2 Å². The molecule has 0 saturated heterocycles. The van der Waals surface area contributed by atoms with Crippen LogP contribution in [-0.2, 0) is 0 Å². The minimum Gasteiger partial charge on any atom is -0.335 e. The van der Waals surface area contributed by atoms with Crippen molar-refractivity contribution in [3.05, 3.63) is 29.3 Å². The van der Waals surface area contributed by atoms with E-state index in [1.54, 1.807) is 23.9 Å². The number of amidine groups is 1. The van der Waals surface area contributed by atoms with Crippen molar-refractivity contribution in [1.29, 1.82) is 10.5 Å². The normalized spacial score (nSPS) is 24.2. The fraction of sp³-hybridized carbons (Fsp3) is 0.400. The Bertz CT molecular complexity index is 638. The van der Waals surface area contributed by atoms with Crippen LogP contribution in [-0.4, -0.2) is 17.0 Å². The molecule has 0 aromatic heterocycles. The molecule has 0 radical (unpaired) electrons. The summed E-state index contributed by atoms with van der Waals surface area (Å²) in [6.45, 7) is 0. The molecule has 0 bridgehead atoms. The van der Waals surface area contributed by atoms with Crippen molar-refractivity contribution in [3.63, 3.8) is 0 Å². The first kappa shape index (κ1) is 13.0. The molecular weight excluding hydrogens is 268 g/mol. The van der Waals surface area contributed by atoms with Gasteiger partial charge in [0, 0.05) is 11.4 Å². The van der Waals surface area contributed by atoms with E-state index in [0.717, 1.165) is 22.5 Å². The molecule has 2 atom stereocenters. The second-order valence-corrected chi connectivity index (χ2v) is 6.12. The molecule has 1 heterocycles. The average Bonchev–Trinajstić information content (AvgIpc) is 2.94. The Hall–Kier alpha value is -1.98. The van der Waals surface area contributed by atoms with E-state index < -0.39 is 0 Å². The van der Waals surface area contributed by atoms with Gasteiger partial charge in [0.2, 0.25) is 0 Å². The van der Waals surface area contributed by atoms with Crippen molar-refractivity contribution in [2.24, 2.45) is 10.9 Å². The van der Waals surface area contributed by atoms with E-state index in [1.165, 1.54) is 19.3 Å². The van der Waals surface area contributed by atoms with Crippen LogP contribution in [0.3, 0.4) is 0 Å². The zero-order valence-electron chi connectivity index (χ0n) is 11.0. The van der Waals surface area contributed by atoms with Crippen molar-refractivity contribution in [3.8, 4) is 12.1 Å². The molecule has 5 heteroatoms. The zero-order valence-corrected chi connectivity index (χ0v) is 11.8. The van der Waals surface area contributed by atoms with Gasteiger partial charge in [0.1, 0.15) is 12.1 Å². The van der Waals surface area contributed by atoms with Gasteiger partial charge in [-0.15, -0.1) is 0 Å². The highest BCUT2D eigenvalue weighted by Crippen LogP contribution is 2.35. The van der Waals surface area contributed by atoms with E-state index in [-0.39, 0.29) is 0 Å². The van der Waals surface area contributed by atoms with Crippen molar-refractivity contribution in [2.75, 3.05) is 11.1 Å². The number of nitrogens with one attached hydrogen (secondary N) is 1. The lowest BCUT2D eigenvalue weighted by Crippen LogP contribution is -2.25. The van der Waals surface area contributed by atoms with Crippen LogP contribution in [0.25, 0.3) is 0 Å². The smallest absolute Gasteiger partial charge is 0.161 e. The number of hydrogen-bond acceptors (Lipinski definition) is 5. The molecule has 1 N–H and O–H groups in total. The summed E-state index contributed by atoms with van der Waals surface area (Å²) in [5.74, 6) is 1.86. The number of benzene rings is 1. The van der Waals surface area contributed by atoms with Crippen molar-refractivity contribution in [2.45, 2.75) is 25.3 Å².